The fourth-order valence-corrected chi connectivity index (χ4v) is 1.73. The third-order valence-corrected chi connectivity index (χ3v) is 2.52. The van der Waals surface area contributed by atoms with Crippen molar-refractivity contribution in [1.82, 2.24) is 0 Å². The average Bonchev–Trinajstić information content (AvgIpc) is 2.17. The summed E-state index contributed by atoms with van der Waals surface area (Å²) in [6.45, 7) is 2.54. The van der Waals surface area contributed by atoms with Crippen LogP contribution in [0.4, 0.5) is 0 Å². The van der Waals surface area contributed by atoms with Crippen LogP contribution in [0.2, 0.25) is 0 Å². The molecule has 4 atom stereocenters. The van der Waals surface area contributed by atoms with Crippen molar-refractivity contribution in [1.29, 1.82) is 0 Å². The van der Waals surface area contributed by atoms with Crippen molar-refractivity contribution in [3.05, 3.63) is 0 Å². The van der Waals surface area contributed by atoms with Crippen LogP contribution in [-0.2, 0) is 18.9 Å². The van der Waals surface area contributed by atoms with E-state index in [0.29, 0.717) is 6.61 Å². The van der Waals surface area contributed by atoms with Crippen LogP contribution in [0.3, 0.4) is 0 Å². The Morgan fingerprint density at radius 2 is 1.62 bits per heavy atom. The molecule has 0 saturated carbocycles. The van der Waals surface area contributed by atoms with Gasteiger partial charge in [-0.25, -0.2) is 0 Å². The van der Waals surface area contributed by atoms with Gasteiger partial charge in [-0.3, -0.25) is 0 Å². The van der Waals surface area contributed by atoms with E-state index in [0.717, 1.165) is 0 Å². The number of methoxy groups -OCH3 is 3. The minimum Gasteiger partial charge on any atom is -0.376 e. The van der Waals surface area contributed by atoms with Gasteiger partial charge < -0.3 is 18.9 Å². The first-order chi connectivity index (χ1) is 6.24. The molecule has 1 aliphatic rings. The standard InChI is InChI=1S/C9H18O4/c1-6-8(11-3)9(12-4)7(10-2)5-13-6/h6-9H,5H2,1-4H3/t6?,7-,8+,9+/m1/s1. The van der Waals surface area contributed by atoms with Crippen LogP contribution in [0.5, 0.6) is 0 Å². The van der Waals surface area contributed by atoms with Crippen LogP contribution < -0.4 is 0 Å². The van der Waals surface area contributed by atoms with Crippen molar-refractivity contribution < 1.29 is 18.9 Å². The zero-order chi connectivity index (χ0) is 9.84. The largest absolute Gasteiger partial charge is 0.376 e. The zero-order valence-corrected chi connectivity index (χ0v) is 8.65. The SMILES string of the molecule is CO[C@H]1[C@H](OC)COC(C)[C@@H]1OC. The topological polar surface area (TPSA) is 36.9 Å². The molecule has 1 unspecified atom stereocenters. The van der Waals surface area contributed by atoms with Gasteiger partial charge in [-0.15, -0.1) is 0 Å². The molecule has 4 nitrogen and oxygen atoms in total. The van der Waals surface area contributed by atoms with E-state index >= 15 is 0 Å². The molecule has 4 heteroatoms. The molecule has 0 amide bonds. The summed E-state index contributed by atoms with van der Waals surface area (Å²) < 4.78 is 21.4. The summed E-state index contributed by atoms with van der Waals surface area (Å²) in [4.78, 5) is 0. The fraction of sp³-hybridized carbons (Fsp3) is 1.00. The van der Waals surface area contributed by atoms with E-state index in [9.17, 15) is 0 Å². The Morgan fingerprint density at radius 3 is 2.08 bits per heavy atom. The van der Waals surface area contributed by atoms with Gasteiger partial charge in [-0.2, -0.15) is 0 Å². The van der Waals surface area contributed by atoms with E-state index in [1.54, 1.807) is 21.3 Å². The third-order valence-electron chi connectivity index (χ3n) is 2.52. The van der Waals surface area contributed by atoms with Gasteiger partial charge in [-0.1, -0.05) is 0 Å². The van der Waals surface area contributed by atoms with Crippen LogP contribution >= 0.6 is 0 Å². The molecule has 1 saturated heterocycles. The lowest BCUT2D eigenvalue weighted by molar-refractivity contribution is -0.206. The average molecular weight is 190 g/mol. The van der Waals surface area contributed by atoms with Crippen molar-refractivity contribution >= 4 is 0 Å². The predicted molar refractivity (Wildman–Crippen MR) is 47.8 cm³/mol. The molecule has 0 radical (unpaired) electrons. The molecule has 0 bridgehead atoms. The summed E-state index contributed by atoms with van der Waals surface area (Å²) in [6, 6.07) is 0. The Labute approximate surface area is 79.1 Å². The Kier molecular flexibility index (Phi) is 4.12. The van der Waals surface area contributed by atoms with E-state index in [-0.39, 0.29) is 24.4 Å². The van der Waals surface area contributed by atoms with Gasteiger partial charge in [0.15, 0.2) is 0 Å². The molecule has 1 fully saturated rings. The smallest absolute Gasteiger partial charge is 0.114 e. The fourth-order valence-electron chi connectivity index (χ4n) is 1.73. The van der Waals surface area contributed by atoms with Crippen molar-refractivity contribution in [2.24, 2.45) is 0 Å². The summed E-state index contributed by atoms with van der Waals surface area (Å²) >= 11 is 0. The first-order valence-electron chi connectivity index (χ1n) is 4.44. The lowest BCUT2D eigenvalue weighted by Gasteiger charge is -2.39. The highest BCUT2D eigenvalue weighted by Gasteiger charge is 2.39. The molecule has 1 rings (SSSR count). The minimum atomic E-state index is -0.0521. The molecule has 13 heavy (non-hydrogen) atoms. The second-order valence-electron chi connectivity index (χ2n) is 3.21. The third kappa shape index (κ3) is 2.20. The normalized spacial score (nSPS) is 40.6. The molecular formula is C9H18O4. The first kappa shape index (κ1) is 10.9. The summed E-state index contributed by atoms with van der Waals surface area (Å²) in [5, 5.41) is 0. The first-order valence-corrected chi connectivity index (χ1v) is 4.44. The molecule has 0 N–H and O–H groups in total. The molecular weight excluding hydrogens is 172 g/mol. The van der Waals surface area contributed by atoms with Crippen molar-refractivity contribution in [2.45, 2.75) is 31.3 Å². The van der Waals surface area contributed by atoms with Gasteiger partial charge in [0.25, 0.3) is 0 Å². The predicted octanol–water partition coefficient (Wildman–Crippen LogP) is 0.450. The van der Waals surface area contributed by atoms with Crippen molar-refractivity contribution in [3.63, 3.8) is 0 Å². The summed E-state index contributed by atoms with van der Waals surface area (Å²) in [6.07, 6.45) is -0.0741. The van der Waals surface area contributed by atoms with Crippen molar-refractivity contribution in [3.8, 4) is 0 Å². The van der Waals surface area contributed by atoms with Crippen LogP contribution in [0.25, 0.3) is 0 Å². The maximum absolute atomic E-state index is 5.49. The maximum atomic E-state index is 5.49. The highest BCUT2D eigenvalue weighted by atomic mass is 16.6. The van der Waals surface area contributed by atoms with E-state index < -0.39 is 0 Å². The summed E-state index contributed by atoms with van der Waals surface area (Å²) in [5.74, 6) is 0. The Hall–Kier alpha value is -0.160. The Balaban J connectivity index is 2.64. The van der Waals surface area contributed by atoms with Crippen LogP contribution in [0.1, 0.15) is 6.92 Å². The highest BCUT2D eigenvalue weighted by molar-refractivity contribution is 4.87. The number of rotatable bonds is 3. The highest BCUT2D eigenvalue weighted by Crippen LogP contribution is 2.21. The summed E-state index contributed by atoms with van der Waals surface area (Å²) in [5.41, 5.74) is 0. The second kappa shape index (κ2) is 4.91. The van der Waals surface area contributed by atoms with Gasteiger partial charge in [0, 0.05) is 21.3 Å². The zero-order valence-electron chi connectivity index (χ0n) is 8.65. The van der Waals surface area contributed by atoms with Crippen LogP contribution in [0, 0.1) is 0 Å². The quantitative estimate of drug-likeness (QED) is 0.647. The lowest BCUT2D eigenvalue weighted by atomic mass is 10.0. The monoisotopic (exact) mass is 190 g/mol. The Morgan fingerprint density at radius 1 is 1.00 bits per heavy atom. The van der Waals surface area contributed by atoms with E-state index in [4.69, 9.17) is 18.9 Å². The maximum Gasteiger partial charge on any atom is 0.114 e. The van der Waals surface area contributed by atoms with Crippen LogP contribution in [0.15, 0.2) is 0 Å². The molecule has 0 aromatic heterocycles. The van der Waals surface area contributed by atoms with E-state index in [1.807, 2.05) is 6.92 Å². The summed E-state index contributed by atoms with van der Waals surface area (Å²) in [7, 11) is 4.98. The minimum absolute atomic E-state index is 0.0360. The molecule has 78 valence electrons. The molecule has 0 aromatic carbocycles. The van der Waals surface area contributed by atoms with E-state index in [1.165, 1.54) is 0 Å². The van der Waals surface area contributed by atoms with Gasteiger partial charge in [0.05, 0.1) is 12.7 Å². The van der Waals surface area contributed by atoms with Gasteiger partial charge in [0.1, 0.15) is 18.3 Å². The molecule has 0 spiro atoms. The lowest BCUT2D eigenvalue weighted by Crippen LogP contribution is -2.54. The molecule has 0 aliphatic carbocycles. The number of hydrogen-bond donors (Lipinski definition) is 0. The van der Waals surface area contributed by atoms with E-state index in [2.05, 4.69) is 0 Å². The number of ether oxygens (including phenoxy) is 4. The molecule has 0 aromatic rings. The molecule has 1 heterocycles. The Bertz CT molecular complexity index is 151. The molecule has 1 aliphatic heterocycles. The number of hydrogen-bond acceptors (Lipinski definition) is 4. The van der Waals surface area contributed by atoms with Crippen molar-refractivity contribution in [2.75, 3.05) is 27.9 Å². The second-order valence-corrected chi connectivity index (χ2v) is 3.21. The van der Waals surface area contributed by atoms with Crippen LogP contribution in [-0.4, -0.2) is 52.4 Å². The van der Waals surface area contributed by atoms with Gasteiger partial charge in [0.2, 0.25) is 0 Å². The van der Waals surface area contributed by atoms with Gasteiger partial charge in [-0.05, 0) is 6.92 Å². The van der Waals surface area contributed by atoms with Gasteiger partial charge >= 0.3 is 0 Å².